The summed E-state index contributed by atoms with van der Waals surface area (Å²) in [6.07, 6.45) is 0. The third-order valence-electron chi connectivity index (χ3n) is 2.53. The first-order valence-corrected chi connectivity index (χ1v) is 6.73. The first kappa shape index (κ1) is 12.7. The van der Waals surface area contributed by atoms with Gasteiger partial charge in [-0.15, -0.1) is 13.2 Å². The lowest BCUT2D eigenvalue weighted by Gasteiger charge is -2.02. The van der Waals surface area contributed by atoms with Crippen LogP contribution in [0.5, 0.6) is 0 Å². The van der Waals surface area contributed by atoms with Crippen molar-refractivity contribution < 1.29 is 13.2 Å². The van der Waals surface area contributed by atoms with Gasteiger partial charge in [0, 0.05) is 28.5 Å². The van der Waals surface area contributed by atoms with Crippen molar-refractivity contribution in [2.24, 2.45) is 0 Å². The lowest BCUT2D eigenvalue weighted by Crippen LogP contribution is -1.99. The van der Waals surface area contributed by atoms with E-state index < -0.39 is 16.0 Å². The minimum atomic E-state index is -4.23. The average Bonchev–Trinajstić information content (AvgIpc) is 2.55. The fraction of sp³-hybridized carbons (Fsp3) is 0.333. The molecule has 0 radical (unpaired) electrons. The molecule has 1 aromatic heterocycles. The first-order valence-electron chi connectivity index (χ1n) is 5.13. The predicted molar refractivity (Wildman–Crippen MR) is 66.8 cm³/mol. The van der Waals surface area contributed by atoms with E-state index in [4.69, 9.17) is 11.6 Å². The molecule has 1 aromatic carbocycles. The molecule has 0 nitrogen and oxygen atoms in total. The van der Waals surface area contributed by atoms with Crippen LogP contribution in [0.3, 0.4) is 0 Å². The second-order valence-corrected chi connectivity index (χ2v) is 6.56. The second kappa shape index (κ2) is 4.18. The number of fused-ring (bicyclic) bond motifs is 1. The monoisotopic (exact) mass is 279 g/mol. The largest absolute Gasteiger partial charge is 0.600 e. The zero-order valence-electron chi connectivity index (χ0n) is 9.31. The van der Waals surface area contributed by atoms with Gasteiger partial charge in [-0.3, -0.25) is 0 Å². The third kappa shape index (κ3) is 2.29. The number of halogens is 4. The van der Waals surface area contributed by atoms with Gasteiger partial charge in [0.25, 0.3) is 0 Å². The Balaban J connectivity index is 2.83. The Kier molecular flexibility index (Phi) is 3.12. The molecule has 0 fully saturated rings. The van der Waals surface area contributed by atoms with Gasteiger partial charge in [-0.2, -0.15) is 0 Å². The van der Waals surface area contributed by atoms with Gasteiger partial charge in [-0.25, -0.2) is 0 Å². The van der Waals surface area contributed by atoms with Crippen molar-refractivity contribution in [3.63, 3.8) is 0 Å². The van der Waals surface area contributed by atoms with E-state index in [-0.39, 0.29) is 5.92 Å². The summed E-state index contributed by atoms with van der Waals surface area (Å²) >= 11 is 5.78. The number of hydrogen-bond acceptors (Lipinski definition) is 0. The molecule has 0 aliphatic rings. The van der Waals surface area contributed by atoms with E-state index in [0.29, 0.717) is 20.0 Å². The molecular formula is C12H11ClF3S+. The Labute approximate surface area is 105 Å². The fourth-order valence-electron chi connectivity index (χ4n) is 1.80. The summed E-state index contributed by atoms with van der Waals surface area (Å²) in [7, 11) is -1.82. The van der Waals surface area contributed by atoms with E-state index in [1.165, 1.54) is 6.07 Å². The molecule has 1 heterocycles. The summed E-state index contributed by atoms with van der Waals surface area (Å²) in [5, 5.41) is 0.989. The molecule has 0 aliphatic heterocycles. The molecule has 0 aliphatic carbocycles. The van der Waals surface area contributed by atoms with Crippen LogP contribution >= 0.6 is 22.1 Å². The summed E-state index contributed by atoms with van der Waals surface area (Å²) in [6, 6.07) is 6.35. The lowest BCUT2D eigenvalue weighted by molar-refractivity contribution is -0.0868. The molecule has 2 aromatic rings. The standard InChI is InChI=1S/C12H11ClF3S/c1-7(2)10-5-8-3-4-9(13)6-11(8)17(10)12(14,15)16/h3-7H,1-2H3/q+1. The van der Waals surface area contributed by atoms with E-state index in [1.807, 2.05) is 0 Å². The summed E-state index contributed by atoms with van der Waals surface area (Å²) in [5.74, 6) is -0.119. The molecule has 5 heteroatoms. The number of rotatable bonds is 1. The van der Waals surface area contributed by atoms with E-state index in [9.17, 15) is 13.2 Å². The molecule has 0 saturated heterocycles. The maximum Gasteiger partial charge on any atom is 0.600 e. The first-order chi connectivity index (χ1) is 7.80. The lowest BCUT2D eigenvalue weighted by atomic mass is 10.1. The molecule has 0 spiro atoms. The SMILES string of the molecule is CC(C)c1cc2ccc(Cl)cc2[s+]1C(F)(F)F. The van der Waals surface area contributed by atoms with Crippen LogP contribution in [-0.2, 0) is 5.51 Å². The van der Waals surface area contributed by atoms with E-state index in [1.54, 1.807) is 32.0 Å². The van der Waals surface area contributed by atoms with Gasteiger partial charge in [0.15, 0.2) is 9.58 Å². The summed E-state index contributed by atoms with van der Waals surface area (Å²) < 4.78 is 39.6. The molecule has 2 rings (SSSR count). The second-order valence-electron chi connectivity index (χ2n) is 4.14. The van der Waals surface area contributed by atoms with Crippen LogP contribution in [0.25, 0.3) is 10.1 Å². The highest BCUT2D eigenvalue weighted by molar-refractivity contribution is 7.38. The van der Waals surface area contributed by atoms with Crippen LogP contribution in [0.15, 0.2) is 24.3 Å². The van der Waals surface area contributed by atoms with Crippen LogP contribution in [0.2, 0.25) is 5.02 Å². The summed E-state index contributed by atoms with van der Waals surface area (Å²) in [4.78, 5) is 0.440. The number of benzene rings is 1. The van der Waals surface area contributed by atoms with Crippen LogP contribution in [-0.4, -0.2) is 0 Å². The van der Waals surface area contributed by atoms with Crippen LogP contribution < -0.4 is 0 Å². The molecule has 1 atom stereocenters. The minimum absolute atomic E-state index is 0.119. The molecule has 0 amide bonds. The smallest absolute Gasteiger partial charge is 0.118 e. The maximum absolute atomic E-state index is 13.1. The number of alkyl halides is 3. The van der Waals surface area contributed by atoms with Crippen molar-refractivity contribution in [2.45, 2.75) is 25.3 Å². The van der Waals surface area contributed by atoms with Crippen molar-refractivity contribution in [3.05, 3.63) is 34.2 Å². The van der Waals surface area contributed by atoms with Crippen molar-refractivity contribution >= 4 is 32.2 Å². The summed E-state index contributed by atoms with van der Waals surface area (Å²) in [5.41, 5.74) is -4.23. The molecule has 1 unspecified atom stereocenters. The van der Waals surface area contributed by atoms with Crippen molar-refractivity contribution in [2.75, 3.05) is 0 Å². The highest BCUT2D eigenvalue weighted by atomic mass is 35.5. The van der Waals surface area contributed by atoms with Gasteiger partial charge in [-0.05, 0) is 12.1 Å². The van der Waals surface area contributed by atoms with E-state index in [2.05, 4.69) is 0 Å². The zero-order chi connectivity index (χ0) is 12.8. The third-order valence-corrected chi connectivity index (χ3v) is 5.08. The fourth-order valence-corrected chi connectivity index (χ4v) is 4.14. The Hall–Kier alpha value is -0.740. The van der Waals surface area contributed by atoms with Gasteiger partial charge >= 0.3 is 5.51 Å². The average molecular weight is 280 g/mol. The molecule has 0 saturated carbocycles. The van der Waals surface area contributed by atoms with Crippen LogP contribution in [0.4, 0.5) is 13.2 Å². The van der Waals surface area contributed by atoms with Crippen molar-refractivity contribution in [3.8, 4) is 0 Å². The highest BCUT2D eigenvalue weighted by Crippen LogP contribution is 2.53. The Morgan fingerprint density at radius 2 is 1.82 bits per heavy atom. The maximum atomic E-state index is 13.1. The van der Waals surface area contributed by atoms with Crippen molar-refractivity contribution in [1.29, 1.82) is 0 Å². The Morgan fingerprint density at radius 3 is 2.35 bits per heavy atom. The quantitative estimate of drug-likeness (QED) is 0.575. The zero-order valence-corrected chi connectivity index (χ0v) is 10.9. The van der Waals surface area contributed by atoms with Crippen LogP contribution in [0.1, 0.15) is 24.6 Å². The van der Waals surface area contributed by atoms with Crippen LogP contribution in [0, 0.1) is 0 Å². The van der Waals surface area contributed by atoms with Gasteiger partial charge in [-0.1, -0.05) is 25.4 Å². The van der Waals surface area contributed by atoms with Gasteiger partial charge < -0.3 is 0 Å². The molecule has 17 heavy (non-hydrogen) atoms. The van der Waals surface area contributed by atoms with Gasteiger partial charge in [0.2, 0.25) is 0 Å². The normalized spacial score (nSPS) is 13.7. The summed E-state index contributed by atoms with van der Waals surface area (Å²) in [6.45, 7) is 3.57. The van der Waals surface area contributed by atoms with Gasteiger partial charge in [0.05, 0.1) is 10.5 Å². The molecular weight excluding hydrogens is 269 g/mol. The van der Waals surface area contributed by atoms with Gasteiger partial charge in [0.1, 0.15) is 0 Å². The molecule has 0 bridgehead atoms. The van der Waals surface area contributed by atoms with E-state index in [0.717, 1.165) is 0 Å². The topological polar surface area (TPSA) is 0 Å². The van der Waals surface area contributed by atoms with E-state index >= 15 is 0 Å². The Morgan fingerprint density at radius 1 is 1.18 bits per heavy atom. The minimum Gasteiger partial charge on any atom is -0.118 e. The number of hydrogen-bond donors (Lipinski definition) is 0. The Bertz CT molecular complexity index is 555. The predicted octanol–water partition coefficient (Wildman–Crippen LogP) is 5.84. The number of thiophene rings is 1. The van der Waals surface area contributed by atoms with Crippen molar-refractivity contribution in [1.82, 2.24) is 0 Å². The highest BCUT2D eigenvalue weighted by Gasteiger charge is 2.48. The molecule has 92 valence electrons. The molecule has 0 N–H and O–H groups in total.